The quantitative estimate of drug-likeness (QED) is 0.542. The van der Waals surface area contributed by atoms with E-state index in [1.807, 2.05) is 0 Å². The first-order valence-corrected chi connectivity index (χ1v) is 6.08. The molecule has 0 bridgehead atoms. The average Bonchev–Trinajstić information content (AvgIpc) is 2.66. The number of alkyl halides is 1. The van der Waals surface area contributed by atoms with E-state index in [9.17, 15) is 10.2 Å². The van der Waals surface area contributed by atoms with Crippen molar-refractivity contribution in [3.8, 4) is 0 Å². The van der Waals surface area contributed by atoms with Crippen LogP contribution in [0.3, 0.4) is 0 Å². The maximum Gasteiger partial charge on any atom is 0.159 e. The monoisotopic (exact) mass is 252 g/mol. The van der Waals surface area contributed by atoms with Gasteiger partial charge in [0.1, 0.15) is 29.8 Å². The van der Waals surface area contributed by atoms with Crippen LogP contribution in [0.4, 0.5) is 0 Å². The fourth-order valence-corrected chi connectivity index (χ4v) is 3.01. The molecule has 0 aromatic carbocycles. The summed E-state index contributed by atoms with van der Waals surface area (Å²) in [4.78, 5) is 4.22. The first kappa shape index (κ1) is 11.5. The number of rotatable bonds is 1. The van der Waals surface area contributed by atoms with E-state index in [-0.39, 0.29) is 11.3 Å². The molecule has 0 aliphatic carbocycles. The van der Waals surface area contributed by atoms with E-state index in [1.54, 1.807) is 7.05 Å². The molecular formula is C8H13ClN2O3S. The van der Waals surface area contributed by atoms with Gasteiger partial charge in [-0.25, -0.2) is 0 Å². The van der Waals surface area contributed by atoms with Gasteiger partial charge in [0, 0.05) is 7.05 Å². The van der Waals surface area contributed by atoms with Crippen LogP contribution >= 0.6 is 23.4 Å². The number of aliphatic hydroxyl groups excluding tert-OH is 2. The molecule has 0 spiro atoms. The number of nitrogens with one attached hydrogen (secondary N) is 1. The van der Waals surface area contributed by atoms with Crippen molar-refractivity contribution in [1.29, 1.82) is 0 Å². The van der Waals surface area contributed by atoms with Crippen molar-refractivity contribution in [2.45, 2.75) is 29.8 Å². The molecule has 2 rings (SSSR count). The lowest BCUT2D eigenvalue weighted by molar-refractivity contribution is -0.144. The fourth-order valence-electron chi connectivity index (χ4n) is 1.68. The number of nitrogens with zero attached hydrogens (tertiary/aromatic N) is 1. The topological polar surface area (TPSA) is 74.1 Å². The second-order valence-electron chi connectivity index (χ2n) is 3.47. The Hall–Kier alpha value is -0.0100. The summed E-state index contributed by atoms with van der Waals surface area (Å²) in [6.45, 7) is 0. The zero-order valence-electron chi connectivity index (χ0n) is 8.13. The van der Waals surface area contributed by atoms with E-state index >= 15 is 0 Å². The SMILES string of the molecule is CNC1=N[C@H]2[C@@H](O)[C@H](O)[C@@H](CCl)O[C@H]2S1. The maximum absolute atomic E-state index is 9.83. The molecule has 2 aliphatic rings. The van der Waals surface area contributed by atoms with Crippen molar-refractivity contribution >= 4 is 28.5 Å². The number of aliphatic imine (C=N–C) groups is 1. The summed E-state index contributed by atoms with van der Waals surface area (Å²) in [6.07, 6.45) is -2.41. The second-order valence-corrected chi connectivity index (χ2v) is 4.87. The van der Waals surface area contributed by atoms with Crippen molar-refractivity contribution in [2.24, 2.45) is 4.99 Å². The number of amidine groups is 1. The third-order valence-corrected chi connectivity index (χ3v) is 3.99. The van der Waals surface area contributed by atoms with Gasteiger partial charge in [-0.1, -0.05) is 11.8 Å². The summed E-state index contributed by atoms with van der Waals surface area (Å²) in [5, 5.41) is 23.1. The lowest BCUT2D eigenvalue weighted by Gasteiger charge is -2.37. The smallest absolute Gasteiger partial charge is 0.159 e. The molecule has 86 valence electrons. The molecular weight excluding hydrogens is 240 g/mol. The first-order valence-electron chi connectivity index (χ1n) is 4.67. The Balaban J connectivity index is 2.12. The minimum atomic E-state index is -0.968. The van der Waals surface area contributed by atoms with Crippen LogP contribution < -0.4 is 5.32 Å². The van der Waals surface area contributed by atoms with E-state index in [4.69, 9.17) is 16.3 Å². The number of fused-ring (bicyclic) bond motifs is 1. The second kappa shape index (κ2) is 4.47. The molecule has 7 heteroatoms. The van der Waals surface area contributed by atoms with Gasteiger partial charge in [0.05, 0.1) is 5.88 Å². The fraction of sp³-hybridized carbons (Fsp3) is 0.875. The van der Waals surface area contributed by atoms with E-state index in [0.717, 1.165) is 0 Å². The molecule has 0 aromatic rings. The molecule has 3 N–H and O–H groups in total. The molecule has 2 heterocycles. The Labute approximate surface area is 96.9 Å². The van der Waals surface area contributed by atoms with Crippen LogP contribution in [0.1, 0.15) is 0 Å². The number of thioether (sulfide) groups is 1. The molecule has 0 aromatic heterocycles. The van der Waals surface area contributed by atoms with Gasteiger partial charge >= 0.3 is 0 Å². The van der Waals surface area contributed by atoms with E-state index < -0.39 is 24.4 Å². The van der Waals surface area contributed by atoms with Crippen LogP contribution in [-0.4, -0.2) is 58.1 Å². The number of ether oxygens (including phenoxy) is 1. The molecule has 1 fully saturated rings. The molecule has 1 saturated heterocycles. The normalized spacial score (nSPS) is 44.8. The lowest BCUT2D eigenvalue weighted by atomic mass is 9.99. The number of hydrogen-bond acceptors (Lipinski definition) is 6. The highest BCUT2D eigenvalue weighted by Gasteiger charge is 2.47. The minimum absolute atomic E-state index is 0.164. The first-order chi connectivity index (χ1) is 7.17. The summed E-state index contributed by atoms with van der Waals surface area (Å²) < 4.78 is 5.54. The van der Waals surface area contributed by atoms with Crippen LogP contribution in [0.15, 0.2) is 4.99 Å². The molecule has 0 unspecified atom stereocenters. The summed E-state index contributed by atoms with van der Waals surface area (Å²) in [7, 11) is 1.75. The van der Waals surface area contributed by atoms with Crippen LogP contribution in [0.25, 0.3) is 0 Å². The Morgan fingerprint density at radius 1 is 1.53 bits per heavy atom. The number of aliphatic hydroxyl groups is 2. The summed E-state index contributed by atoms with van der Waals surface area (Å²) in [5.74, 6) is 0.164. The summed E-state index contributed by atoms with van der Waals surface area (Å²) in [5.41, 5.74) is -0.255. The summed E-state index contributed by atoms with van der Waals surface area (Å²) >= 11 is 7.05. The van der Waals surface area contributed by atoms with E-state index in [0.29, 0.717) is 5.17 Å². The van der Waals surface area contributed by atoms with Gasteiger partial charge in [-0.2, -0.15) is 0 Å². The number of halogens is 1. The molecule has 5 atom stereocenters. The molecule has 0 amide bonds. The average molecular weight is 253 g/mol. The van der Waals surface area contributed by atoms with Gasteiger partial charge in [0.25, 0.3) is 0 Å². The van der Waals surface area contributed by atoms with Crippen molar-refractivity contribution in [2.75, 3.05) is 12.9 Å². The molecule has 2 aliphatic heterocycles. The summed E-state index contributed by atoms with van der Waals surface area (Å²) in [6, 6.07) is -0.410. The molecule has 5 nitrogen and oxygen atoms in total. The zero-order valence-corrected chi connectivity index (χ0v) is 9.70. The molecule has 0 radical (unpaired) electrons. The third-order valence-electron chi connectivity index (χ3n) is 2.53. The minimum Gasteiger partial charge on any atom is -0.388 e. The van der Waals surface area contributed by atoms with Crippen molar-refractivity contribution in [3.63, 3.8) is 0 Å². The van der Waals surface area contributed by atoms with Crippen molar-refractivity contribution < 1.29 is 14.9 Å². The predicted molar refractivity (Wildman–Crippen MR) is 59.3 cm³/mol. The van der Waals surface area contributed by atoms with Crippen LogP contribution in [0.2, 0.25) is 0 Å². The van der Waals surface area contributed by atoms with Crippen molar-refractivity contribution in [3.05, 3.63) is 0 Å². The van der Waals surface area contributed by atoms with E-state index in [1.165, 1.54) is 11.8 Å². The van der Waals surface area contributed by atoms with Gasteiger partial charge in [-0.3, -0.25) is 4.99 Å². The maximum atomic E-state index is 9.83. The highest BCUT2D eigenvalue weighted by molar-refractivity contribution is 8.14. The Bertz CT molecular complexity index is 279. The zero-order chi connectivity index (χ0) is 11.0. The highest BCUT2D eigenvalue weighted by atomic mass is 35.5. The highest BCUT2D eigenvalue weighted by Crippen LogP contribution is 2.35. The Morgan fingerprint density at radius 3 is 2.87 bits per heavy atom. The van der Waals surface area contributed by atoms with Crippen LogP contribution in [0.5, 0.6) is 0 Å². The van der Waals surface area contributed by atoms with Crippen molar-refractivity contribution in [1.82, 2.24) is 5.32 Å². The molecule has 15 heavy (non-hydrogen) atoms. The lowest BCUT2D eigenvalue weighted by Crippen LogP contribution is -2.55. The predicted octanol–water partition coefficient (Wildman–Crippen LogP) is -0.637. The van der Waals surface area contributed by atoms with Gasteiger partial charge in [-0.15, -0.1) is 11.6 Å². The van der Waals surface area contributed by atoms with Gasteiger partial charge in [-0.05, 0) is 0 Å². The number of hydrogen-bond donors (Lipinski definition) is 3. The van der Waals surface area contributed by atoms with Gasteiger partial charge in [0.2, 0.25) is 0 Å². The van der Waals surface area contributed by atoms with Crippen LogP contribution in [0, 0.1) is 0 Å². The van der Waals surface area contributed by atoms with Gasteiger partial charge in [0.15, 0.2) is 5.17 Å². The van der Waals surface area contributed by atoms with Gasteiger partial charge < -0.3 is 20.3 Å². The Morgan fingerprint density at radius 2 is 2.27 bits per heavy atom. The van der Waals surface area contributed by atoms with E-state index in [2.05, 4.69) is 10.3 Å². The Kier molecular flexibility index (Phi) is 3.42. The molecule has 0 saturated carbocycles. The third kappa shape index (κ3) is 1.97. The van der Waals surface area contributed by atoms with Crippen LogP contribution in [-0.2, 0) is 4.74 Å². The standard InChI is InChI=1S/C8H13ClN2O3S/c1-10-8-11-4-6(13)5(12)3(2-9)14-7(4)15-8/h3-7,12-13H,2H2,1H3,(H,10,11)/t3-,4+,5-,6-,7+/m1/s1. The largest absolute Gasteiger partial charge is 0.388 e.